The van der Waals surface area contributed by atoms with E-state index >= 15 is 0 Å². The number of ether oxygens (including phenoxy) is 3. The SMILES string of the molecule is COc1ccc(C[NH2+]CCc2ccccc2F)c(OCC(O)CN2CCOCC2)c1. The number of rotatable bonds is 11. The summed E-state index contributed by atoms with van der Waals surface area (Å²) in [5.74, 6) is 1.26. The highest BCUT2D eigenvalue weighted by molar-refractivity contribution is 5.40. The van der Waals surface area contributed by atoms with Gasteiger partial charge in [-0.05, 0) is 23.8 Å². The molecule has 2 aromatic rings. The van der Waals surface area contributed by atoms with E-state index in [0.29, 0.717) is 44.2 Å². The van der Waals surface area contributed by atoms with E-state index < -0.39 is 6.10 Å². The largest absolute Gasteiger partial charge is 0.497 e. The number of methoxy groups -OCH3 is 1. The van der Waals surface area contributed by atoms with Gasteiger partial charge in [0.25, 0.3) is 0 Å². The monoisotopic (exact) mass is 419 g/mol. The van der Waals surface area contributed by atoms with E-state index in [-0.39, 0.29) is 12.4 Å². The molecule has 164 valence electrons. The molecule has 1 aliphatic rings. The van der Waals surface area contributed by atoms with Crippen LogP contribution in [0.25, 0.3) is 0 Å². The highest BCUT2D eigenvalue weighted by atomic mass is 19.1. The van der Waals surface area contributed by atoms with Gasteiger partial charge in [-0.1, -0.05) is 18.2 Å². The molecule has 0 amide bonds. The standard InChI is InChI=1S/C23H31FN2O4/c1-28-21-7-6-19(15-25-9-8-18-4-2-3-5-22(18)24)23(14-21)30-17-20(27)16-26-10-12-29-13-11-26/h2-7,14,20,25,27H,8-13,15-17H2,1H3/p+1. The van der Waals surface area contributed by atoms with Gasteiger partial charge >= 0.3 is 0 Å². The fourth-order valence-electron chi connectivity index (χ4n) is 3.50. The van der Waals surface area contributed by atoms with Gasteiger partial charge in [0.05, 0.1) is 26.9 Å². The molecule has 3 rings (SSSR count). The Morgan fingerprint density at radius 3 is 2.73 bits per heavy atom. The van der Waals surface area contributed by atoms with Gasteiger partial charge in [0, 0.05) is 37.7 Å². The van der Waals surface area contributed by atoms with Gasteiger partial charge in [0.1, 0.15) is 36.6 Å². The van der Waals surface area contributed by atoms with Crippen molar-refractivity contribution in [3.8, 4) is 11.5 Å². The molecule has 1 aliphatic heterocycles. The predicted molar refractivity (Wildman–Crippen MR) is 112 cm³/mol. The van der Waals surface area contributed by atoms with Crippen molar-refractivity contribution < 1.29 is 29.0 Å². The van der Waals surface area contributed by atoms with Crippen LogP contribution in [0.3, 0.4) is 0 Å². The Morgan fingerprint density at radius 1 is 1.17 bits per heavy atom. The average molecular weight is 420 g/mol. The van der Waals surface area contributed by atoms with Crippen LogP contribution in [-0.4, -0.2) is 69.2 Å². The second kappa shape index (κ2) is 11.9. The van der Waals surface area contributed by atoms with Crippen LogP contribution in [0.1, 0.15) is 11.1 Å². The zero-order chi connectivity index (χ0) is 21.2. The highest BCUT2D eigenvalue weighted by Gasteiger charge is 2.16. The summed E-state index contributed by atoms with van der Waals surface area (Å²) in [6.45, 7) is 5.33. The van der Waals surface area contributed by atoms with Crippen molar-refractivity contribution in [2.45, 2.75) is 19.1 Å². The third-order valence-electron chi connectivity index (χ3n) is 5.22. The zero-order valence-corrected chi connectivity index (χ0v) is 17.6. The van der Waals surface area contributed by atoms with Crippen molar-refractivity contribution in [3.05, 3.63) is 59.4 Å². The van der Waals surface area contributed by atoms with Gasteiger partial charge in [-0.2, -0.15) is 0 Å². The van der Waals surface area contributed by atoms with Crippen molar-refractivity contribution in [3.63, 3.8) is 0 Å². The number of morpholine rings is 1. The Labute approximate surface area is 177 Å². The number of halogens is 1. The topological polar surface area (TPSA) is 67.8 Å². The molecule has 6 nitrogen and oxygen atoms in total. The van der Waals surface area contributed by atoms with Gasteiger partial charge < -0.3 is 24.6 Å². The van der Waals surface area contributed by atoms with E-state index in [0.717, 1.165) is 30.8 Å². The van der Waals surface area contributed by atoms with Gasteiger partial charge in [-0.25, -0.2) is 4.39 Å². The van der Waals surface area contributed by atoms with E-state index in [9.17, 15) is 9.50 Å². The molecule has 0 saturated carbocycles. The van der Waals surface area contributed by atoms with E-state index in [2.05, 4.69) is 10.2 Å². The Hall–Kier alpha value is -2.19. The number of aliphatic hydroxyl groups excluding tert-OH is 1. The van der Waals surface area contributed by atoms with Crippen molar-refractivity contribution in [2.75, 3.05) is 53.1 Å². The highest BCUT2D eigenvalue weighted by Crippen LogP contribution is 2.24. The minimum atomic E-state index is -0.577. The Kier molecular flexibility index (Phi) is 8.89. The second-order valence-electron chi connectivity index (χ2n) is 7.47. The number of nitrogens with zero attached hydrogens (tertiary/aromatic N) is 1. The van der Waals surface area contributed by atoms with Crippen LogP contribution in [0.15, 0.2) is 42.5 Å². The molecule has 3 N–H and O–H groups in total. The fraction of sp³-hybridized carbons (Fsp3) is 0.478. The lowest BCUT2D eigenvalue weighted by molar-refractivity contribution is -0.670. The molecule has 0 aliphatic carbocycles. The molecule has 2 aromatic carbocycles. The molecule has 1 heterocycles. The maximum atomic E-state index is 13.7. The first-order valence-electron chi connectivity index (χ1n) is 10.5. The summed E-state index contributed by atoms with van der Waals surface area (Å²) in [6, 6.07) is 12.6. The number of benzene rings is 2. The number of hydrogen-bond acceptors (Lipinski definition) is 5. The molecule has 30 heavy (non-hydrogen) atoms. The van der Waals surface area contributed by atoms with Crippen LogP contribution in [0.5, 0.6) is 11.5 Å². The maximum absolute atomic E-state index is 13.7. The summed E-state index contributed by atoms with van der Waals surface area (Å²) < 4.78 is 30.4. The summed E-state index contributed by atoms with van der Waals surface area (Å²) in [4.78, 5) is 2.18. The van der Waals surface area contributed by atoms with Crippen LogP contribution < -0.4 is 14.8 Å². The number of aliphatic hydroxyl groups is 1. The number of β-amino-alcohol motifs (C(OH)–C–C–N with tert-alkyl or cyclic N) is 1. The molecule has 0 aromatic heterocycles. The van der Waals surface area contributed by atoms with Gasteiger partial charge in [0.2, 0.25) is 0 Å². The van der Waals surface area contributed by atoms with Crippen molar-refractivity contribution in [2.24, 2.45) is 0 Å². The first kappa shape index (κ1) is 22.5. The zero-order valence-electron chi connectivity index (χ0n) is 17.6. The molecule has 1 saturated heterocycles. The molecule has 1 atom stereocenters. The third kappa shape index (κ3) is 6.95. The molecule has 1 fully saturated rings. The summed E-state index contributed by atoms with van der Waals surface area (Å²) in [5, 5.41) is 12.5. The van der Waals surface area contributed by atoms with Crippen LogP contribution in [0, 0.1) is 5.82 Å². The smallest absolute Gasteiger partial charge is 0.131 e. The number of nitrogens with two attached hydrogens (primary N) is 1. The second-order valence-corrected chi connectivity index (χ2v) is 7.47. The predicted octanol–water partition coefficient (Wildman–Crippen LogP) is 1.21. The third-order valence-corrected chi connectivity index (χ3v) is 5.22. The first-order chi connectivity index (χ1) is 14.7. The van der Waals surface area contributed by atoms with Crippen molar-refractivity contribution in [1.82, 2.24) is 4.90 Å². The van der Waals surface area contributed by atoms with Crippen LogP contribution in [0.4, 0.5) is 4.39 Å². The molecular weight excluding hydrogens is 387 g/mol. The van der Waals surface area contributed by atoms with Crippen molar-refractivity contribution in [1.29, 1.82) is 0 Å². The van der Waals surface area contributed by atoms with E-state index in [1.807, 2.05) is 30.3 Å². The lowest BCUT2D eigenvalue weighted by Gasteiger charge is -2.28. The van der Waals surface area contributed by atoms with E-state index in [1.54, 1.807) is 13.2 Å². The summed E-state index contributed by atoms with van der Waals surface area (Å²) >= 11 is 0. The Balaban J connectivity index is 1.50. The lowest BCUT2D eigenvalue weighted by atomic mass is 10.1. The number of quaternary nitrogens is 1. The fourth-order valence-corrected chi connectivity index (χ4v) is 3.50. The van der Waals surface area contributed by atoms with Crippen LogP contribution in [0.2, 0.25) is 0 Å². The molecule has 0 bridgehead atoms. The molecular formula is C23H32FN2O4+. The minimum absolute atomic E-state index is 0.159. The summed E-state index contributed by atoms with van der Waals surface area (Å²) in [5.41, 5.74) is 1.74. The van der Waals surface area contributed by atoms with Crippen LogP contribution >= 0.6 is 0 Å². The summed E-state index contributed by atoms with van der Waals surface area (Å²) in [7, 11) is 1.62. The quantitative estimate of drug-likeness (QED) is 0.536. The number of hydrogen-bond donors (Lipinski definition) is 2. The Bertz CT molecular complexity index is 784. The molecule has 1 unspecified atom stereocenters. The van der Waals surface area contributed by atoms with E-state index in [1.165, 1.54) is 6.07 Å². The first-order valence-corrected chi connectivity index (χ1v) is 10.5. The van der Waals surface area contributed by atoms with E-state index in [4.69, 9.17) is 14.2 Å². The van der Waals surface area contributed by atoms with Crippen LogP contribution in [-0.2, 0) is 17.7 Å². The Morgan fingerprint density at radius 2 is 1.97 bits per heavy atom. The normalized spacial score (nSPS) is 15.7. The van der Waals surface area contributed by atoms with Gasteiger partial charge in [0.15, 0.2) is 0 Å². The minimum Gasteiger partial charge on any atom is -0.497 e. The van der Waals surface area contributed by atoms with Gasteiger partial charge in [-0.15, -0.1) is 0 Å². The molecule has 7 heteroatoms. The maximum Gasteiger partial charge on any atom is 0.131 e. The lowest BCUT2D eigenvalue weighted by Crippen LogP contribution is -2.83. The van der Waals surface area contributed by atoms with Gasteiger partial charge in [-0.3, -0.25) is 4.90 Å². The molecule has 0 radical (unpaired) electrons. The summed E-state index contributed by atoms with van der Waals surface area (Å²) in [6.07, 6.45) is 0.0873. The van der Waals surface area contributed by atoms with Crippen molar-refractivity contribution >= 4 is 0 Å². The average Bonchev–Trinajstić information content (AvgIpc) is 2.77. The molecule has 0 spiro atoms.